The number of hydrogen-bond donors (Lipinski definition) is 0. The van der Waals surface area contributed by atoms with Gasteiger partial charge in [-0.3, -0.25) is 0 Å². The van der Waals surface area contributed by atoms with Crippen molar-refractivity contribution in [1.82, 2.24) is 4.57 Å². The lowest BCUT2D eigenvalue weighted by Crippen LogP contribution is -2.10. The first-order valence-electron chi connectivity index (χ1n) is 16.4. The van der Waals surface area contributed by atoms with Crippen LogP contribution in [0.1, 0.15) is 0 Å². The SMILES string of the molecule is c1ccc(N(c2cccc(-c3ccc(-c4ccc5c6ccccc6n(-c6ccccc6)c5c4)cc3)c2)c2cccc3ccccc23)cc1. The molecule has 0 N–H and O–H groups in total. The van der Waals surface area contributed by atoms with E-state index in [2.05, 4.69) is 204 Å². The molecule has 1 aromatic heterocycles. The lowest BCUT2D eigenvalue weighted by Gasteiger charge is -2.27. The molecular weight excluding hydrogens is 581 g/mol. The molecule has 2 nitrogen and oxygen atoms in total. The second-order valence-electron chi connectivity index (χ2n) is 12.2. The fourth-order valence-electron chi connectivity index (χ4n) is 7.09. The number of hydrogen-bond acceptors (Lipinski definition) is 1. The Morgan fingerprint density at radius 1 is 0.333 bits per heavy atom. The predicted octanol–water partition coefficient (Wildman–Crippen LogP) is 12.7. The molecular formula is C46H32N2. The summed E-state index contributed by atoms with van der Waals surface area (Å²) in [6.45, 7) is 0. The van der Waals surface area contributed by atoms with Crippen molar-refractivity contribution in [1.29, 1.82) is 0 Å². The molecule has 0 bridgehead atoms. The highest BCUT2D eigenvalue weighted by Gasteiger charge is 2.16. The van der Waals surface area contributed by atoms with E-state index < -0.39 is 0 Å². The Hall–Kier alpha value is -6.38. The van der Waals surface area contributed by atoms with Gasteiger partial charge >= 0.3 is 0 Å². The van der Waals surface area contributed by atoms with Gasteiger partial charge in [-0.15, -0.1) is 0 Å². The molecule has 0 aliphatic carbocycles. The summed E-state index contributed by atoms with van der Waals surface area (Å²) in [5, 5.41) is 4.99. The van der Waals surface area contributed by atoms with Crippen LogP contribution in [0.25, 0.3) is 60.5 Å². The van der Waals surface area contributed by atoms with Gasteiger partial charge in [-0.1, -0.05) is 140 Å². The maximum absolute atomic E-state index is 2.38. The maximum atomic E-state index is 2.38. The Morgan fingerprint density at radius 2 is 0.896 bits per heavy atom. The van der Waals surface area contributed by atoms with E-state index in [1.807, 2.05) is 0 Å². The lowest BCUT2D eigenvalue weighted by molar-refractivity contribution is 1.18. The van der Waals surface area contributed by atoms with Crippen LogP contribution in [0.2, 0.25) is 0 Å². The number of para-hydroxylation sites is 3. The van der Waals surface area contributed by atoms with Crippen LogP contribution in [0.15, 0.2) is 194 Å². The van der Waals surface area contributed by atoms with Gasteiger partial charge in [-0.25, -0.2) is 0 Å². The van der Waals surface area contributed by atoms with Crippen LogP contribution in [0.3, 0.4) is 0 Å². The molecule has 0 atom stereocenters. The molecule has 0 aliphatic rings. The molecule has 48 heavy (non-hydrogen) atoms. The lowest BCUT2D eigenvalue weighted by atomic mass is 9.98. The standard InChI is InChI=1S/C46H32N2/c1-3-16-38(17-4-1)47(44-24-12-14-35-13-7-8-21-41(35)44)40-20-11-15-36(31-40)33-25-27-34(28-26-33)37-29-30-43-42-22-9-10-23-45(42)48(46(43)32-37)39-18-5-2-6-19-39/h1-32H. The molecule has 8 aromatic carbocycles. The van der Waals surface area contributed by atoms with Crippen LogP contribution in [-0.4, -0.2) is 4.57 Å². The minimum absolute atomic E-state index is 1.12. The minimum atomic E-state index is 1.12. The minimum Gasteiger partial charge on any atom is -0.310 e. The number of aromatic nitrogens is 1. The Balaban J connectivity index is 1.11. The summed E-state index contributed by atoms with van der Waals surface area (Å²) in [7, 11) is 0. The van der Waals surface area contributed by atoms with E-state index in [1.54, 1.807) is 0 Å². The van der Waals surface area contributed by atoms with Gasteiger partial charge in [-0.2, -0.15) is 0 Å². The first kappa shape index (κ1) is 27.9. The molecule has 0 spiro atoms. The van der Waals surface area contributed by atoms with Gasteiger partial charge in [0.1, 0.15) is 0 Å². The van der Waals surface area contributed by atoms with Crippen molar-refractivity contribution in [2.75, 3.05) is 4.90 Å². The summed E-state index contributed by atoms with van der Waals surface area (Å²) in [5.74, 6) is 0. The topological polar surface area (TPSA) is 8.17 Å². The molecule has 226 valence electrons. The highest BCUT2D eigenvalue weighted by Crippen LogP contribution is 2.40. The van der Waals surface area contributed by atoms with Crippen LogP contribution in [-0.2, 0) is 0 Å². The van der Waals surface area contributed by atoms with E-state index >= 15 is 0 Å². The molecule has 9 rings (SSSR count). The first-order chi connectivity index (χ1) is 23.8. The van der Waals surface area contributed by atoms with Crippen molar-refractivity contribution in [3.05, 3.63) is 194 Å². The van der Waals surface area contributed by atoms with Crippen molar-refractivity contribution in [3.63, 3.8) is 0 Å². The average Bonchev–Trinajstić information content (AvgIpc) is 3.50. The third kappa shape index (κ3) is 4.83. The van der Waals surface area contributed by atoms with E-state index in [-0.39, 0.29) is 0 Å². The van der Waals surface area contributed by atoms with Gasteiger partial charge in [0.2, 0.25) is 0 Å². The monoisotopic (exact) mass is 612 g/mol. The van der Waals surface area contributed by atoms with Crippen molar-refractivity contribution in [3.8, 4) is 27.9 Å². The van der Waals surface area contributed by atoms with Crippen molar-refractivity contribution in [2.24, 2.45) is 0 Å². The Bertz CT molecular complexity index is 2540. The van der Waals surface area contributed by atoms with Gasteiger partial charge in [0.15, 0.2) is 0 Å². The van der Waals surface area contributed by atoms with Gasteiger partial charge in [0.05, 0.1) is 16.7 Å². The molecule has 1 heterocycles. The van der Waals surface area contributed by atoms with Crippen molar-refractivity contribution in [2.45, 2.75) is 0 Å². The molecule has 0 aliphatic heterocycles. The molecule has 0 saturated carbocycles. The number of nitrogens with zero attached hydrogens (tertiary/aromatic N) is 2. The number of anilines is 3. The third-order valence-electron chi connectivity index (χ3n) is 9.37. The zero-order chi connectivity index (χ0) is 31.9. The van der Waals surface area contributed by atoms with Gasteiger partial charge in [-0.05, 0) is 82.2 Å². The van der Waals surface area contributed by atoms with E-state index in [4.69, 9.17) is 0 Å². The van der Waals surface area contributed by atoms with Crippen molar-refractivity contribution < 1.29 is 0 Å². The average molecular weight is 613 g/mol. The molecule has 0 saturated heterocycles. The van der Waals surface area contributed by atoms with Crippen LogP contribution < -0.4 is 4.90 Å². The second-order valence-corrected chi connectivity index (χ2v) is 12.2. The third-order valence-corrected chi connectivity index (χ3v) is 9.37. The summed E-state index contributed by atoms with van der Waals surface area (Å²) < 4.78 is 2.38. The summed E-state index contributed by atoms with van der Waals surface area (Å²) in [4.78, 5) is 2.36. The predicted molar refractivity (Wildman–Crippen MR) is 204 cm³/mol. The quantitative estimate of drug-likeness (QED) is 0.181. The molecule has 0 amide bonds. The molecule has 2 heteroatoms. The van der Waals surface area contributed by atoms with Crippen LogP contribution in [0, 0.1) is 0 Å². The molecule has 9 aromatic rings. The Kier molecular flexibility index (Phi) is 6.84. The number of benzene rings is 8. The van der Waals surface area contributed by atoms with E-state index in [1.165, 1.54) is 60.5 Å². The van der Waals surface area contributed by atoms with Crippen LogP contribution in [0.5, 0.6) is 0 Å². The number of fused-ring (bicyclic) bond motifs is 4. The summed E-state index contributed by atoms with van der Waals surface area (Å²) in [5.41, 5.74) is 11.8. The maximum Gasteiger partial charge on any atom is 0.0547 e. The highest BCUT2D eigenvalue weighted by molar-refractivity contribution is 6.10. The summed E-state index contributed by atoms with van der Waals surface area (Å²) in [6.07, 6.45) is 0. The van der Waals surface area contributed by atoms with Gasteiger partial charge < -0.3 is 9.47 Å². The Morgan fingerprint density at radius 3 is 1.69 bits per heavy atom. The fourth-order valence-corrected chi connectivity index (χ4v) is 7.09. The van der Waals surface area contributed by atoms with E-state index in [0.717, 1.165) is 17.1 Å². The smallest absolute Gasteiger partial charge is 0.0547 e. The Labute approximate surface area is 280 Å². The highest BCUT2D eigenvalue weighted by atomic mass is 15.1. The molecule has 0 radical (unpaired) electrons. The van der Waals surface area contributed by atoms with Crippen LogP contribution >= 0.6 is 0 Å². The van der Waals surface area contributed by atoms with Crippen molar-refractivity contribution >= 4 is 49.6 Å². The first-order valence-corrected chi connectivity index (χ1v) is 16.4. The fraction of sp³-hybridized carbons (Fsp3) is 0. The zero-order valence-corrected chi connectivity index (χ0v) is 26.4. The van der Waals surface area contributed by atoms with Gasteiger partial charge in [0, 0.05) is 33.2 Å². The zero-order valence-electron chi connectivity index (χ0n) is 26.4. The second kappa shape index (κ2) is 11.8. The summed E-state index contributed by atoms with van der Waals surface area (Å²) >= 11 is 0. The van der Waals surface area contributed by atoms with E-state index in [0.29, 0.717) is 0 Å². The normalized spacial score (nSPS) is 11.3. The molecule has 0 fully saturated rings. The van der Waals surface area contributed by atoms with Crippen LogP contribution in [0.4, 0.5) is 17.1 Å². The molecule has 0 unspecified atom stereocenters. The largest absolute Gasteiger partial charge is 0.310 e. The summed E-state index contributed by atoms with van der Waals surface area (Å²) in [6, 6.07) is 69.8. The number of rotatable bonds is 6. The van der Waals surface area contributed by atoms with Gasteiger partial charge in [0.25, 0.3) is 0 Å². The van der Waals surface area contributed by atoms with E-state index in [9.17, 15) is 0 Å².